The zero-order chi connectivity index (χ0) is 7.84. The number of fused-ring (bicyclic) bond motifs is 1. The van der Waals surface area contributed by atoms with E-state index in [1.54, 1.807) is 22.6 Å². The van der Waals surface area contributed by atoms with Crippen LogP contribution in [-0.4, -0.2) is 14.5 Å². The van der Waals surface area contributed by atoms with E-state index in [1.807, 2.05) is 0 Å². The van der Waals surface area contributed by atoms with Crippen LogP contribution in [-0.2, 0) is 0 Å². The third kappa shape index (κ3) is 0.935. The van der Waals surface area contributed by atoms with Crippen LogP contribution in [0.1, 0.15) is 0 Å². The van der Waals surface area contributed by atoms with E-state index in [9.17, 15) is 0 Å². The van der Waals surface area contributed by atoms with Crippen LogP contribution in [0.5, 0.6) is 5.88 Å². The summed E-state index contributed by atoms with van der Waals surface area (Å²) in [5, 5.41) is 9.53. The van der Waals surface area contributed by atoms with Crippen molar-refractivity contribution in [2.45, 2.75) is 0 Å². The smallest absolute Gasteiger partial charge is 0.230 e. The number of nitrogens with zero attached hydrogens (tertiary/aromatic N) is 2. The molecule has 2 aromatic rings. The SMILES string of the molecule is Oc1cn2c(Cl)cccc2n1. The van der Waals surface area contributed by atoms with Crippen molar-refractivity contribution in [3.63, 3.8) is 0 Å². The molecule has 0 saturated carbocycles. The Labute approximate surface area is 67.9 Å². The Balaban J connectivity index is 2.90. The molecule has 0 bridgehead atoms. The quantitative estimate of drug-likeness (QED) is 0.608. The first-order chi connectivity index (χ1) is 5.27. The van der Waals surface area contributed by atoms with Crippen LogP contribution >= 0.6 is 11.6 Å². The van der Waals surface area contributed by atoms with Crippen molar-refractivity contribution in [1.82, 2.24) is 9.38 Å². The minimum atomic E-state index is -0.0156. The Kier molecular flexibility index (Phi) is 1.26. The topological polar surface area (TPSA) is 37.5 Å². The summed E-state index contributed by atoms with van der Waals surface area (Å²) in [6, 6.07) is 5.28. The Morgan fingerprint density at radius 3 is 3.00 bits per heavy atom. The molecule has 0 radical (unpaired) electrons. The number of rotatable bonds is 0. The van der Waals surface area contributed by atoms with Crippen LogP contribution in [0.2, 0.25) is 5.15 Å². The molecular formula is C7H5ClN2O. The number of aromatic nitrogens is 2. The highest BCUT2D eigenvalue weighted by Crippen LogP contribution is 2.15. The lowest BCUT2D eigenvalue weighted by molar-refractivity contribution is 0.457. The lowest BCUT2D eigenvalue weighted by Gasteiger charge is -1.92. The fourth-order valence-electron chi connectivity index (χ4n) is 0.964. The minimum absolute atomic E-state index is 0.0156. The van der Waals surface area contributed by atoms with E-state index in [4.69, 9.17) is 16.7 Å². The maximum atomic E-state index is 8.99. The van der Waals surface area contributed by atoms with Gasteiger partial charge in [-0.05, 0) is 12.1 Å². The molecule has 0 aromatic carbocycles. The zero-order valence-electron chi connectivity index (χ0n) is 5.53. The van der Waals surface area contributed by atoms with Crippen LogP contribution in [0.4, 0.5) is 0 Å². The molecule has 4 heteroatoms. The van der Waals surface area contributed by atoms with Gasteiger partial charge in [0, 0.05) is 0 Å². The van der Waals surface area contributed by atoms with Gasteiger partial charge >= 0.3 is 0 Å². The summed E-state index contributed by atoms with van der Waals surface area (Å²) in [7, 11) is 0. The molecule has 11 heavy (non-hydrogen) atoms. The van der Waals surface area contributed by atoms with Gasteiger partial charge in [0.15, 0.2) is 0 Å². The van der Waals surface area contributed by atoms with Crippen molar-refractivity contribution < 1.29 is 5.11 Å². The number of aromatic hydroxyl groups is 1. The number of pyridine rings is 1. The fourth-order valence-corrected chi connectivity index (χ4v) is 1.17. The van der Waals surface area contributed by atoms with Crippen molar-refractivity contribution in [3.05, 3.63) is 29.5 Å². The maximum Gasteiger partial charge on any atom is 0.230 e. The van der Waals surface area contributed by atoms with E-state index < -0.39 is 0 Å². The predicted molar refractivity (Wildman–Crippen MR) is 41.9 cm³/mol. The highest BCUT2D eigenvalue weighted by molar-refractivity contribution is 6.29. The van der Waals surface area contributed by atoms with Crippen LogP contribution in [0.25, 0.3) is 5.65 Å². The summed E-state index contributed by atoms with van der Waals surface area (Å²) in [5.74, 6) is -0.0156. The molecule has 3 nitrogen and oxygen atoms in total. The second-order valence-electron chi connectivity index (χ2n) is 2.18. The second kappa shape index (κ2) is 2.13. The molecule has 0 aliphatic carbocycles. The highest BCUT2D eigenvalue weighted by atomic mass is 35.5. The van der Waals surface area contributed by atoms with Gasteiger partial charge in [-0.15, -0.1) is 0 Å². The van der Waals surface area contributed by atoms with Gasteiger partial charge in [0.25, 0.3) is 0 Å². The van der Waals surface area contributed by atoms with Gasteiger partial charge in [0.2, 0.25) is 5.88 Å². The molecule has 0 aliphatic rings. The monoisotopic (exact) mass is 168 g/mol. The highest BCUT2D eigenvalue weighted by Gasteiger charge is 2.00. The van der Waals surface area contributed by atoms with Crippen LogP contribution in [0, 0.1) is 0 Å². The third-order valence-corrected chi connectivity index (χ3v) is 1.74. The molecule has 56 valence electrons. The van der Waals surface area contributed by atoms with E-state index >= 15 is 0 Å². The van der Waals surface area contributed by atoms with E-state index in [1.165, 1.54) is 6.20 Å². The van der Waals surface area contributed by atoms with Crippen LogP contribution < -0.4 is 0 Å². The van der Waals surface area contributed by atoms with Gasteiger partial charge in [-0.3, -0.25) is 4.40 Å². The van der Waals surface area contributed by atoms with E-state index in [0.29, 0.717) is 10.8 Å². The average molecular weight is 169 g/mol. The van der Waals surface area contributed by atoms with E-state index in [2.05, 4.69) is 4.98 Å². The van der Waals surface area contributed by atoms with E-state index in [-0.39, 0.29) is 5.88 Å². The number of hydrogen-bond donors (Lipinski definition) is 1. The maximum absolute atomic E-state index is 8.99. The molecule has 2 rings (SSSR count). The van der Waals surface area contributed by atoms with Gasteiger partial charge in [-0.25, -0.2) is 0 Å². The number of imidazole rings is 1. The van der Waals surface area contributed by atoms with Gasteiger partial charge in [0.1, 0.15) is 10.8 Å². The molecule has 1 N–H and O–H groups in total. The first-order valence-electron chi connectivity index (χ1n) is 3.10. The first-order valence-corrected chi connectivity index (χ1v) is 3.48. The predicted octanol–water partition coefficient (Wildman–Crippen LogP) is 1.69. The molecule has 0 saturated heterocycles. The lowest BCUT2D eigenvalue weighted by Crippen LogP contribution is -1.82. The standard InChI is InChI=1S/C7H5ClN2O/c8-5-2-1-3-6-9-7(11)4-10(5)6/h1-4,11H. The van der Waals surface area contributed by atoms with Gasteiger partial charge in [-0.1, -0.05) is 17.7 Å². The molecular weight excluding hydrogens is 164 g/mol. The molecule has 0 amide bonds. The molecule has 0 fully saturated rings. The van der Waals surface area contributed by atoms with Crippen molar-refractivity contribution in [2.75, 3.05) is 0 Å². The lowest BCUT2D eigenvalue weighted by atomic mass is 10.5. The zero-order valence-corrected chi connectivity index (χ0v) is 6.28. The summed E-state index contributed by atoms with van der Waals surface area (Å²) in [5.41, 5.74) is 0.648. The van der Waals surface area contributed by atoms with Crippen LogP contribution in [0.15, 0.2) is 24.4 Å². The molecule has 2 aromatic heterocycles. The largest absolute Gasteiger partial charge is 0.492 e. The minimum Gasteiger partial charge on any atom is -0.492 e. The summed E-state index contributed by atoms with van der Waals surface area (Å²) in [6.45, 7) is 0. The van der Waals surface area contributed by atoms with Crippen LogP contribution in [0.3, 0.4) is 0 Å². The molecule has 2 heterocycles. The summed E-state index contributed by atoms with van der Waals surface area (Å²) >= 11 is 5.78. The first kappa shape index (κ1) is 6.49. The Morgan fingerprint density at radius 1 is 1.45 bits per heavy atom. The third-order valence-electron chi connectivity index (χ3n) is 1.43. The fraction of sp³-hybridized carbons (Fsp3) is 0. The van der Waals surface area contributed by atoms with Gasteiger partial charge < -0.3 is 5.11 Å². The van der Waals surface area contributed by atoms with Gasteiger partial charge in [0.05, 0.1) is 6.20 Å². The Hall–Kier alpha value is -1.22. The van der Waals surface area contributed by atoms with Crippen molar-refractivity contribution >= 4 is 17.2 Å². The average Bonchev–Trinajstić information content (AvgIpc) is 2.31. The van der Waals surface area contributed by atoms with E-state index in [0.717, 1.165) is 0 Å². The summed E-state index contributed by atoms with van der Waals surface area (Å²) < 4.78 is 1.61. The summed E-state index contributed by atoms with van der Waals surface area (Å²) in [4.78, 5) is 3.81. The van der Waals surface area contributed by atoms with Crippen molar-refractivity contribution in [2.24, 2.45) is 0 Å². The number of halogens is 1. The molecule has 0 spiro atoms. The molecule has 0 aliphatic heterocycles. The van der Waals surface area contributed by atoms with Gasteiger partial charge in [-0.2, -0.15) is 4.98 Å². The molecule has 0 atom stereocenters. The number of hydrogen-bond acceptors (Lipinski definition) is 2. The van der Waals surface area contributed by atoms with Crippen molar-refractivity contribution in [3.8, 4) is 5.88 Å². The normalized spacial score (nSPS) is 10.6. The summed E-state index contributed by atoms with van der Waals surface area (Å²) in [6.07, 6.45) is 1.47. The molecule has 0 unspecified atom stereocenters. The van der Waals surface area contributed by atoms with Crippen molar-refractivity contribution in [1.29, 1.82) is 0 Å². The second-order valence-corrected chi connectivity index (χ2v) is 2.56. The Bertz CT molecular complexity index is 396. The Morgan fingerprint density at radius 2 is 2.27 bits per heavy atom.